The van der Waals surface area contributed by atoms with Gasteiger partial charge in [0.1, 0.15) is 5.75 Å². The fourth-order valence-electron chi connectivity index (χ4n) is 2.82. The maximum Gasteiger partial charge on any atom is 0.265 e. The van der Waals surface area contributed by atoms with Gasteiger partial charge in [0.15, 0.2) is 6.10 Å². The number of hydrogen-bond acceptors (Lipinski definition) is 4. The standard InChI is InChI=1S/C18H18Cl2N2O4S/c1-11-3-4-12(19)9-14(11)21-18(23)17-7-8-22(27(2,24)25)15-10-13(20)5-6-16(15)26-17/h3-6,9-10,17H,7-8H2,1-2H3,(H,21,23)/t17-/m0/s1. The van der Waals surface area contributed by atoms with E-state index in [-0.39, 0.29) is 24.6 Å². The van der Waals surface area contributed by atoms with Crippen LogP contribution in [0.15, 0.2) is 36.4 Å². The summed E-state index contributed by atoms with van der Waals surface area (Å²) in [6.07, 6.45) is 0.424. The molecule has 0 fully saturated rings. The lowest BCUT2D eigenvalue weighted by Crippen LogP contribution is -2.36. The molecule has 0 saturated carbocycles. The Morgan fingerprint density at radius 2 is 1.85 bits per heavy atom. The number of aryl methyl sites for hydroxylation is 1. The normalized spacial score (nSPS) is 16.9. The number of amides is 1. The van der Waals surface area contributed by atoms with Gasteiger partial charge >= 0.3 is 0 Å². The molecule has 3 rings (SSSR count). The Bertz CT molecular complexity index is 995. The van der Waals surface area contributed by atoms with E-state index in [9.17, 15) is 13.2 Å². The third-order valence-corrected chi connectivity index (χ3v) is 5.85. The number of ether oxygens (including phenoxy) is 1. The first-order chi connectivity index (χ1) is 12.6. The zero-order valence-electron chi connectivity index (χ0n) is 14.7. The second-order valence-electron chi connectivity index (χ2n) is 6.29. The number of anilines is 2. The summed E-state index contributed by atoms with van der Waals surface area (Å²) in [6.45, 7) is 1.95. The van der Waals surface area contributed by atoms with Gasteiger partial charge in [0.2, 0.25) is 10.0 Å². The van der Waals surface area contributed by atoms with Crippen LogP contribution in [-0.2, 0) is 14.8 Å². The lowest BCUT2D eigenvalue weighted by Gasteiger charge is -2.21. The lowest BCUT2D eigenvalue weighted by molar-refractivity contribution is -0.122. The predicted octanol–water partition coefficient (Wildman–Crippen LogP) is 3.86. The van der Waals surface area contributed by atoms with Crippen LogP contribution >= 0.6 is 23.2 Å². The van der Waals surface area contributed by atoms with Crippen LogP contribution in [0.3, 0.4) is 0 Å². The Morgan fingerprint density at radius 3 is 2.56 bits per heavy atom. The van der Waals surface area contributed by atoms with Crippen molar-refractivity contribution in [2.45, 2.75) is 19.4 Å². The summed E-state index contributed by atoms with van der Waals surface area (Å²) in [5.74, 6) is -0.0955. The van der Waals surface area contributed by atoms with E-state index in [0.29, 0.717) is 21.4 Å². The molecule has 1 aliphatic heterocycles. The third-order valence-electron chi connectivity index (χ3n) is 4.20. The fraction of sp³-hybridized carbons (Fsp3) is 0.278. The van der Waals surface area contributed by atoms with Crippen LogP contribution < -0.4 is 14.4 Å². The van der Waals surface area contributed by atoms with Gasteiger partial charge in [-0.2, -0.15) is 0 Å². The van der Waals surface area contributed by atoms with E-state index in [1.165, 1.54) is 10.4 Å². The third kappa shape index (κ3) is 4.48. The molecule has 1 aliphatic rings. The number of fused-ring (bicyclic) bond motifs is 1. The molecule has 0 bridgehead atoms. The van der Waals surface area contributed by atoms with E-state index in [1.54, 1.807) is 30.3 Å². The van der Waals surface area contributed by atoms with Gasteiger partial charge in [0, 0.05) is 28.7 Å². The summed E-state index contributed by atoms with van der Waals surface area (Å²) in [5, 5.41) is 3.68. The minimum absolute atomic E-state index is 0.0960. The summed E-state index contributed by atoms with van der Waals surface area (Å²) >= 11 is 12.0. The maximum absolute atomic E-state index is 12.7. The average molecular weight is 429 g/mol. The van der Waals surface area contributed by atoms with E-state index in [2.05, 4.69) is 5.32 Å². The van der Waals surface area contributed by atoms with Crippen LogP contribution in [0, 0.1) is 6.92 Å². The minimum Gasteiger partial charge on any atom is -0.478 e. The summed E-state index contributed by atoms with van der Waals surface area (Å²) in [6, 6.07) is 9.85. The van der Waals surface area contributed by atoms with Crippen molar-refractivity contribution in [3.63, 3.8) is 0 Å². The molecule has 2 aromatic carbocycles. The van der Waals surface area contributed by atoms with E-state index in [4.69, 9.17) is 27.9 Å². The summed E-state index contributed by atoms with van der Waals surface area (Å²) in [5.41, 5.74) is 1.75. The zero-order valence-corrected chi connectivity index (χ0v) is 17.0. The van der Waals surface area contributed by atoms with Crippen LogP contribution in [0.4, 0.5) is 11.4 Å². The Morgan fingerprint density at radius 1 is 1.19 bits per heavy atom. The number of sulfonamides is 1. The van der Waals surface area contributed by atoms with Crippen LogP contribution in [-0.4, -0.2) is 33.2 Å². The van der Waals surface area contributed by atoms with Gasteiger partial charge in [0.25, 0.3) is 5.91 Å². The molecule has 0 aromatic heterocycles. The molecule has 6 nitrogen and oxygen atoms in total. The minimum atomic E-state index is -3.55. The zero-order chi connectivity index (χ0) is 19.8. The summed E-state index contributed by atoms with van der Waals surface area (Å²) in [7, 11) is -3.55. The van der Waals surface area contributed by atoms with E-state index in [1.807, 2.05) is 6.92 Å². The van der Waals surface area contributed by atoms with Crippen LogP contribution in [0.25, 0.3) is 0 Å². The SMILES string of the molecule is Cc1ccc(Cl)cc1NC(=O)[C@@H]1CCN(S(C)(=O)=O)c2cc(Cl)ccc2O1. The Balaban J connectivity index is 1.90. The highest BCUT2D eigenvalue weighted by Gasteiger charge is 2.31. The number of rotatable bonds is 3. The van der Waals surface area contributed by atoms with E-state index < -0.39 is 16.1 Å². The fourth-order valence-corrected chi connectivity index (χ4v) is 4.10. The molecular formula is C18H18Cl2N2O4S. The van der Waals surface area contributed by atoms with Crippen molar-refractivity contribution in [2.75, 3.05) is 22.4 Å². The number of benzene rings is 2. The van der Waals surface area contributed by atoms with Crippen molar-refractivity contribution < 1.29 is 17.9 Å². The summed E-state index contributed by atoms with van der Waals surface area (Å²) < 4.78 is 31.4. The van der Waals surface area contributed by atoms with Crippen molar-refractivity contribution in [3.8, 4) is 5.75 Å². The highest BCUT2D eigenvalue weighted by Crippen LogP contribution is 2.36. The molecular weight excluding hydrogens is 411 g/mol. The van der Waals surface area contributed by atoms with Crippen LogP contribution in [0.1, 0.15) is 12.0 Å². The molecule has 0 saturated heterocycles. The molecule has 27 heavy (non-hydrogen) atoms. The van der Waals surface area contributed by atoms with Crippen molar-refractivity contribution in [1.82, 2.24) is 0 Å². The maximum atomic E-state index is 12.7. The molecule has 1 heterocycles. The van der Waals surface area contributed by atoms with Gasteiger partial charge in [-0.05, 0) is 42.8 Å². The Hall–Kier alpha value is -1.96. The van der Waals surface area contributed by atoms with Gasteiger partial charge in [-0.25, -0.2) is 8.42 Å². The predicted molar refractivity (Wildman–Crippen MR) is 107 cm³/mol. The molecule has 0 radical (unpaired) electrons. The second kappa shape index (κ2) is 7.58. The molecule has 0 aliphatic carbocycles. The first kappa shape index (κ1) is 19.8. The van der Waals surface area contributed by atoms with Crippen molar-refractivity contribution in [3.05, 3.63) is 52.0 Å². The number of carbonyl (C=O) groups excluding carboxylic acids is 1. The van der Waals surface area contributed by atoms with Crippen LogP contribution in [0.2, 0.25) is 10.0 Å². The van der Waals surface area contributed by atoms with Crippen molar-refractivity contribution in [2.24, 2.45) is 0 Å². The van der Waals surface area contributed by atoms with E-state index >= 15 is 0 Å². The van der Waals surface area contributed by atoms with Gasteiger partial charge in [-0.15, -0.1) is 0 Å². The van der Waals surface area contributed by atoms with Gasteiger partial charge in [0.05, 0.1) is 11.9 Å². The molecule has 9 heteroatoms. The first-order valence-electron chi connectivity index (χ1n) is 8.16. The quantitative estimate of drug-likeness (QED) is 0.804. The molecule has 144 valence electrons. The van der Waals surface area contributed by atoms with Gasteiger partial charge < -0.3 is 10.1 Å². The number of nitrogens with one attached hydrogen (secondary N) is 1. The Kier molecular flexibility index (Phi) is 5.55. The number of hydrogen-bond donors (Lipinski definition) is 1. The summed E-state index contributed by atoms with van der Waals surface area (Å²) in [4.78, 5) is 12.7. The van der Waals surface area contributed by atoms with Gasteiger partial charge in [-0.3, -0.25) is 9.10 Å². The monoisotopic (exact) mass is 428 g/mol. The number of nitrogens with zero attached hydrogens (tertiary/aromatic N) is 1. The average Bonchev–Trinajstić information content (AvgIpc) is 2.77. The number of carbonyl (C=O) groups is 1. The molecule has 2 aromatic rings. The lowest BCUT2D eigenvalue weighted by atomic mass is 10.2. The van der Waals surface area contributed by atoms with E-state index in [0.717, 1.165) is 11.8 Å². The molecule has 0 spiro atoms. The molecule has 1 amide bonds. The molecule has 1 atom stereocenters. The van der Waals surface area contributed by atoms with Crippen LogP contribution in [0.5, 0.6) is 5.75 Å². The highest BCUT2D eigenvalue weighted by atomic mass is 35.5. The smallest absolute Gasteiger partial charge is 0.265 e. The Labute approximate surface area is 168 Å². The topological polar surface area (TPSA) is 75.7 Å². The second-order valence-corrected chi connectivity index (χ2v) is 9.07. The molecule has 0 unspecified atom stereocenters. The molecule has 1 N–H and O–H groups in total. The van der Waals surface area contributed by atoms with Crippen molar-refractivity contribution in [1.29, 1.82) is 0 Å². The number of halogens is 2. The first-order valence-corrected chi connectivity index (χ1v) is 10.8. The largest absolute Gasteiger partial charge is 0.478 e. The van der Waals surface area contributed by atoms with Crippen molar-refractivity contribution >= 4 is 50.5 Å². The van der Waals surface area contributed by atoms with Gasteiger partial charge in [-0.1, -0.05) is 29.3 Å². The highest BCUT2D eigenvalue weighted by molar-refractivity contribution is 7.92.